The summed E-state index contributed by atoms with van der Waals surface area (Å²) in [6, 6.07) is 28.7. The van der Waals surface area contributed by atoms with Gasteiger partial charge < -0.3 is 9.13 Å². The number of benzene rings is 3. The topological polar surface area (TPSA) is 80.7 Å². The minimum atomic E-state index is -0.221. The number of carbonyl (C=O) groups excluding carboxylic acids is 1. The fourth-order valence-electron chi connectivity index (χ4n) is 4.72. The maximum Gasteiger partial charge on any atom is 0.277 e. The maximum absolute atomic E-state index is 13.6. The van der Waals surface area contributed by atoms with Crippen LogP contribution in [0.3, 0.4) is 0 Å². The first kappa shape index (κ1) is 24.9. The largest absolute Gasteiger partial charge is 0.319 e. The number of nitrogens with zero attached hydrogens (tertiary/aromatic N) is 4. The summed E-state index contributed by atoms with van der Waals surface area (Å²) in [5.74, 6) is 0.752. The minimum absolute atomic E-state index is 0.0265. The molecule has 188 valence electrons. The number of unbranched alkanes of at least 4 members (excludes halogenated alkanes) is 1. The Labute approximate surface area is 221 Å². The first-order valence-electron chi connectivity index (χ1n) is 12.8. The average molecular weight is 501 g/mol. The molecule has 0 aliphatic carbocycles. The Morgan fingerprint density at radius 3 is 2.42 bits per heavy atom. The SMILES string of the molecule is CCCCc1nc2ccn(CC(=O)c3ccccc3)c(=O)c2n1Cc1ccc(-c2ccccc2C#N)cc1. The number of carbonyl (C=O) groups is 1. The Hall–Kier alpha value is -4.76. The summed E-state index contributed by atoms with van der Waals surface area (Å²) in [4.78, 5) is 31.2. The van der Waals surface area contributed by atoms with Crippen molar-refractivity contribution in [1.82, 2.24) is 14.1 Å². The maximum atomic E-state index is 13.6. The van der Waals surface area contributed by atoms with Gasteiger partial charge in [-0.2, -0.15) is 5.26 Å². The highest BCUT2D eigenvalue weighted by Gasteiger charge is 2.17. The molecule has 2 aromatic heterocycles. The van der Waals surface area contributed by atoms with Gasteiger partial charge in [-0.15, -0.1) is 0 Å². The van der Waals surface area contributed by atoms with Crippen LogP contribution >= 0.6 is 0 Å². The zero-order valence-electron chi connectivity index (χ0n) is 21.3. The molecule has 0 saturated carbocycles. The fraction of sp³-hybridized carbons (Fsp3) is 0.188. The zero-order chi connectivity index (χ0) is 26.5. The molecule has 3 aromatic carbocycles. The minimum Gasteiger partial charge on any atom is -0.319 e. The molecule has 2 heterocycles. The average Bonchev–Trinajstić information content (AvgIpc) is 3.31. The highest BCUT2D eigenvalue weighted by Crippen LogP contribution is 2.24. The summed E-state index contributed by atoms with van der Waals surface area (Å²) in [7, 11) is 0. The van der Waals surface area contributed by atoms with Crippen LogP contribution in [0.5, 0.6) is 0 Å². The molecule has 0 radical (unpaired) electrons. The number of hydrogen-bond acceptors (Lipinski definition) is 4. The molecule has 6 nitrogen and oxygen atoms in total. The first-order chi connectivity index (χ1) is 18.6. The summed E-state index contributed by atoms with van der Waals surface area (Å²) in [6.07, 6.45) is 4.41. The van der Waals surface area contributed by atoms with Crippen molar-refractivity contribution in [1.29, 1.82) is 5.26 Å². The van der Waals surface area contributed by atoms with Gasteiger partial charge in [0.2, 0.25) is 0 Å². The Kier molecular flexibility index (Phi) is 7.28. The number of Topliss-reactive ketones (excluding diaryl/α,β-unsaturated/α-hetero) is 1. The van der Waals surface area contributed by atoms with Crippen LogP contribution in [0, 0.1) is 11.3 Å². The Morgan fingerprint density at radius 1 is 0.947 bits per heavy atom. The van der Waals surface area contributed by atoms with E-state index in [-0.39, 0.29) is 17.9 Å². The van der Waals surface area contributed by atoms with Gasteiger partial charge in [0.1, 0.15) is 11.3 Å². The van der Waals surface area contributed by atoms with Gasteiger partial charge in [-0.05, 0) is 35.2 Å². The molecule has 0 atom stereocenters. The van der Waals surface area contributed by atoms with Crippen molar-refractivity contribution in [2.24, 2.45) is 0 Å². The molecule has 5 aromatic rings. The number of nitriles is 1. The van der Waals surface area contributed by atoms with E-state index in [9.17, 15) is 14.9 Å². The highest BCUT2D eigenvalue weighted by atomic mass is 16.1. The van der Waals surface area contributed by atoms with Crippen molar-refractivity contribution in [2.75, 3.05) is 0 Å². The van der Waals surface area contributed by atoms with E-state index in [1.807, 2.05) is 77.4 Å². The van der Waals surface area contributed by atoms with Crippen LogP contribution < -0.4 is 5.56 Å². The van der Waals surface area contributed by atoms with Crippen molar-refractivity contribution in [3.05, 3.63) is 124 Å². The second-order valence-corrected chi connectivity index (χ2v) is 9.34. The number of ketones is 1. The van der Waals surface area contributed by atoms with Crippen LogP contribution in [0.15, 0.2) is 95.9 Å². The number of pyridine rings is 1. The lowest BCUT2D eigenvalue weighted by atomic mass is 9.99. The van der Waals surface area contributed by atoms with Gasteiger partial charge in [-0.1, -0.05) is 86.1 Å². The molecule has 0 spiro atoms. The molecule has 0 aliphatic heterocycles. The second-order valence-electron chi connectivity index (χ2n) is 9.34. The standard InChI is InChI=1S/C32H28N4O2/c1-2-3-13-30-34-28-18-19-35(22-29(37)25-9-5-4-6-10-25)32(38)31(28)36(30)21-23-14-16-24(17-15-23)27-12-8-7-11-26(27)20-33/h4-12,14-19H,2-3,13,21-22H2,1H3. The number of hydrogen-bond donors (Lipinski definition) is 0. The lowest BCUT2D eigenvalue weighted by Crippen LogP contribution is -2.25. The van der Waals surface area contributed by atoms with Crippen LogP contribution in [0.25, 0.3) is 22.2 Å². The van der Waals surface area contributed by atoms with Gasteiger partial charge >= 0.3 is 0 Å². The summed E-state index contributed by atoms with van der Waals surface area (Å²) >= 11 is 0. The number of imidazole rings is 1. The quantitative estimate of drug-likeness (QED) is 0.232. The van der Waals surface area contributed by atoms with Gasteiger partial charge in [-0.25, -0.2) is 4.98 Å². The highest BCUT2D eigenvalue weighted by molar-refractivity contribution is 5.96. The predicted molar refractivity (Wildman–Crippen MR) is 149 cm³/mol. The molecule has 0 aliphatic rings. The number of fused-ring (bicyclic) bond motifs is 1. The van der Waals surface area contributed by atoms with E-state index >= 15 is 0 Å². The third kappa shape index (κ3) is 5.05. The summed E-state index contributed by atoms with van der Waals surface area (Å²) in [6.45, 7) is 2.59. The van der Waals surface area contributed by atoms with E-state index in [2.05, 4.69) is 13.0 Å². The monoisotopic (exact) mass is 500 g/mol. The normalized spacial score (nSPS) is 10.9. The van der Waals surface area contributed by atoms with Gasteiger partial charge in [0.05, 0.1) is 23.7 Å². The van der Waals surface area contributed by atoms with E-state index < -0.39 is 0 Å². The second kappa shape index (κ2) is 11.1. The first-order valence-corrected chi connectivity index (χ1v) is 12.8. The number of aromatic nitrogens is 3. The molecular weight excluding hydrogens is 472 g/mol. The fourth-order valence-corrected chi connectivity index (χ4v) is 4.72. The van der Waals surface area contributed by atoms with E-state index in [1.165, 1.54) is 4.57 Å². The molecular formula is C32H28N4O2. The molecule has 0 bridgehead atoms. The van der Waals surface area contributed by atoms with E-state index in [0.29, 0.717) is 28.7 Å². The number of aryl methyl sites for hydroxylation is 1. The number of rotatable bonds is 9. The van der Waals surface area contributed by atoms with Gasteiger partial charge in [0.15, 0.2) is 5.78 Å². The van der Waals surface area contributed by atoms with Crippen molar-refractivity contribution < 1.29 is 4.79 Å². The van der Waals surface area contributed by atoms with E-state index in [1.54, 1.807) is 18.3 Å². The Bertz CT molecular complexity index is 1690. The van der Waals surface area contributed by atoms with Gasteiger partial charge in [-0.3, -0.25) is 9.59 Å². The molecule has 0 N–H and O–H groups in total. The van der Waals surface area contributed by atoms with Crippen molar-refractivity contribution in [3.8, 4) is 17.2 Å². The Morgan fingerprint density at radius 2 is 1.68 bits per heavy atom. The van der Waals surface area contributed by atoms with Crippen LogP contribution in [0.4, 0.5) is 0 Å². The van der Waals surface area contributed by atoms with E-state index in [4.69, 9.17) is 4.98 Å². The zero-order valence-corrected chi connectivity index (χ0v) is 21.3. The summed E-state index contributed by atoms with van der Waals surface area (Å²) in [5, 5.41) is 9.46. The summed E-state index contributed by atoms with van der Waals surface area (Å²) in [5.41, 5.74) is 5.03. The van der Waals surface area contributed by atoms with E-state index in [0.717, 1.165) is 41.8 Å². The third-order valence-electron chi connectivity index (χ3n) is 6.77. The van der Waals surface area contributed by atoms with Crippen LogP contribution in [-0.4, -0.2) is 19.9 Å². The molecule has 38 heavy (non-hydrogen) atoms. The molecule has 0 fully saturated rings. The smallest absolute Gasteiger partial charge is 0.277 e. The molecule has 6 heteroatoms. The molecule has 0 unspecified atom stereocenters. The van der Waals surface area contributed by atoms with Gasteiger partial charge in [0.25, 0.3) is 5.56 Å². The third-order valence-corrected chi connectivity index (χ3v) is 6.77. The lowest BCUT2D eigenvalue weighted by molar-refractivity contribution is 0.0971. The molecule has 0 saturated heterocycles. The van der Waals surface area contributed by atoms with Gasteiger partial charge in [0, 0.05) is 24.7 Å². The lowest BCUT2D eigenvalue weighted by Gasteiger charge is -2.11. The molecule has 5 rings (SSSR count). The van der Waals surface area contributed by atoms with Crippen molar-refractivity contribution in [2.45, 2.75) is 39.3 Å². The van der Waals surface area contributed by atoms with Crippen LogP contribution in [0.2, 0.25) is 0 Å². The predicted octanol–water partition coefficient (Wildman–Crippen LogP) is 6.01. The van der Waals surface area contributed by atoms with Crippen LogP contribution in [-0.2, 0) is 19.5 Å². The summed E-state index contributed by atoms with van der Waals surface area (Å²) < 4.78 is 3.47. The van der Waals surface area contributed by atoms with Crippen LogP contribution in [0.1, 0.15) is 47.1 Å². The van der Waals surface area contributed by atoms with Crippen molar-refractivity contribution in [3.63, 3.8) is 0 Å². The van der Waals surface area contributed by atoms with Crippen molar-refractivity contribution >= 4 is 16.8 Å². The molecule has 0 amide bonds. The Balaban J connectivity index is 1.51.